The number of hydrogen-bond acceptors (Lipinski definition) is 4. The van der Waals surface area contributed by atoms with Gasteiger partial charge in [-0.2, -0.15) is 0 Å². The lowest BCUT2D eigenvalue weighted by molar-refractivity contribution is 0.0601. The first-order valence-electron chi connectivity index (χ1n) is 18.7. The number of rotatable bonds is 5. The summed E-state index contributed by atoms with van der Waals surface area (Å²) >= 11 is 0. The van der Waals surface area contributed by atoms with Gasteiger partial charge in [-0.25, -0.2) is 9.98 Å². The van der Waals surface area contributed by atoms with Gasteiger partial charge in [0.1, 0.15) is 28.8 Å². The molecule has 5 nitrogen and oxygen atoms in total. The molecule has 50 heavy (non-hydrogen) atoms. The fourth-order valence-corrected chi connectivity index (χ4v) is 7.55. The van der Waals surface area contributed by atoms with Crippen molar-refractivity contribution in [2.45, 2.75) is 98.1 Å². The molecule has 0 amide bonds. The van der Waals surface area contributed by atoms with Gasteiger partial charge in [-0.1, -0.05) is 52.8 Å². The molecule has 0 unspecified atom stereocenters. The number of aromatic nitrogens is 2. The molecule has 0 saturated heterocycles. The van der Waals surface area contributed by atoms with Gasteiger partial charge in [0.25, 0.3) is 0 Å². The largest absolute Gasteiger partial charge is 0.468 e. The molecular formula is C45H47N3O2. The number of aliphatic imine (C=N–C) groups is 1. The van der Waals surface area contributed by atoms with E-state index in [0.29, 0.717) is 11.6 Å². The van der Waals surface area contributed by atoms with Crippen molar-refractivity contribution < 1.29 is 12.2 Å². The maximum Gasteiger partial charge on any atom is 0.217 e. The molecule has 2 aliphatic rings. The number of hydrogen-bond donors (Lipinski definition) is 0. The second-order valence-corrected chi connectivity index (χ2v) is 15.8. The average Bonchev–Trinajstić information content (AvgIpc) is 3.59. The topological polar surface area (TPSA) is 48.6 Å². The van der Waals surface area contributed by atoms with Crippen LogP contribution in [0.3, 0.4) is 0 Å². The van der Waals surface area contributed by atoms with Crippen LogP contribution in [0.15, 0.2) is 90.1 Å². The van der Waals surface area contributed by atoms with Crippen LogP contribution < -0.4 is 4.74 Å². The van der Waals surface area contributed by atoms with Crippen LogP contribution in [-0.4, -0.2) is 21.0 Å². The fraction of sp³-hybridized carbons (Fsp3) is 0.333. The van der Waals surface area contributed by atoms with Crippen LogP contribution in [0.25, 0.3) is 27.6 Å². The Morgan fingerprint density at radius 1 is 0.940 bits per heavy atom. The van der Waals surface area contributed by atoms with Gasteiger partial charge in [-0.3, -0.25) is 4.57 Å². The lowest BCUT2D eigenvalue weighted by Crippen LogP contribution is -2.36. The van der Waals surface area contributed by atoms with Crippen molar-refractivity contribution in [2.24, 2.45) is 4.99 Å². The van der Waals surface area contributed by atoms with Gasteiger partial charge in [0.2, 0.25) is 5.90 Å². The van der Waals surface area contributed by atoms with E-state index >= 15 is 0 Å². The molecular weight excluding hydrogens is 615 g/mol. The normalized spacial score (nSPS) is 20.3. The highest BCUT2D eigenvalue weighted by atomic mass is 16.5. The smallest absolute Gasteiger partial charge is 0.217 e. The number of ether oxygens (including phenoxy) is 2. The molecule has 0 bridgehead atoms. The van der Waals surface area contributed by atoms with E-state index in [4.69, 9.17) is 22.2 Å². The summed E-state index contributed by atoms with van der Waals surface area (Å²) in [7, 11) is 0. The van der Waals surface area contributed by atoms with Crippen molar-refractivity contribution in [1.82, 2.24) is 9.55 Å². The van der Waals surface area contributed by atoms with E-state index in [1.54, 1.807) is 0 Å². The second kappa shape index (κ2) is 11.6. The molecule has 0 saturated carbocycles. The van der Waals surface area contributed by atoms with E-state index in [9.17, 15) is 0 Å². The van der Waals surface area contributed by atoms with E-state index < -0.39 is 12.0 Å². The molecule has 3 heterocycles. The van der Waals surface area contributed by atoms with Crippen molar-refractivity contribution in [2.75, 3.05) is 0 Å². The molecule has 0 N–H and O–H groups in total. The number of aryl methyl sites for hydroxylation is 2. The third-order valence-electron chi connectivity index (χ3n) is 10.6. The van der Waals surface area contributed by atoms with E-state index in [-0.39, 0.29) is 23.8 Å². The van der Waals surface area contributed by atoms with Crippen molar-refractivity contribution in [3.63, 3.8) is 0 Å². The summed E-state index contributed by atoms with van der Waals surface area (Å²) in [5, 5.41) is 2.30. The fourth-order valence-electron chi connectivity index (χ4n) is 7.55. The number of fused-ring (bicyclic) bond motifs is 6. The number of nitrogens with zero attached hydrogens (tertiary/aromatic N) is 3. The van der Waals surface area contributed by atoms with Gasteiger partial charge in [-0.15, -0.1) is 0 Å². The molecule has 254 valence electrons. The Morgan fingerprint density at radius 3 is 2.52 bits per heavy atom. The Bertz CT molecular complexity index is 2450. The summed E-state index contributed by atoms with van der Waals surface area (Å²) in [4.78, 5) is 10.0. The van der Waals surface area contributed by atoms with Gasteiger partial charge in [-0.05, 0) is 145 Å². The Hall–Kier alpha value is -4.90. The molecule has 2 aromatic heterocycles. The minimum atomic E-state index is -1.53. The molecule has 1 aliphatic carbocycles. The van der Waals surface area contributed by atoms with Gasteiger partial charge >= 0.3 is 0 Å². The summed E-state index contributed by atoms with van der Waals surface area (Å²) in [6.45, 7) is 19.2. The molecule has 0 spiro atoms. The van der Waals surface area contributed by atoms with Gasteiger partial charge < -0.3 is 9.47 Å². The molecule has 2 atom stereocenters. The maximum absolute atomic E-state index is 9.06. The second-order valence-electron chi connectivity index (χ2n) is 15.8. The van der Waals surface area contributed by atoms with Gasteiger partial charge in [0.15, 0.2) is 0 Å². The molecule has 0 fully saturated rings. The monoisotopic (exact) mass is 663 g/mol. The third-order valence-corrected chi connectivity index (χ3v) is 10.6. The summed E-state index contributed by atoms with van der Waals surface area (Å²) in [5.41, 5.74) is 10.3. The molecule has 5 heteroatoms. The summed E-state index contributed by atoms with van der Waals surface area (Å²) < 4.78 is 33.8. The minimum Gasteiger partial charge on any atom is -0.468 e. The minimum absolute atomic E-state index is 0.0276. The summed E-state index contributed by atoms with van der Waals surface area (Å²) in [5.74, 6) is 2.18. The van der Waals surface area contributed by atoms with E-state index in [1.165, 1.54) is 10.9 Å². The first-order chi connectivity index (χ1) is 24.5. The first-order valence-corrected chi connectivity index (χ1v) is 17.7. The van der Waals surface area contributed by atoms with Crippen LogP contribution in [0.1, 0.15) is 107 Å². The number of pyridine rings is 1. The highest BCUT2D eigenvalue weighted by Crippen LogP contribution is 2.48. The van der Waals surface area contributed by atoms with Crippen LogP contribution >= 0.6 is 0 Å². The van der Waals surface area contributed by atoms with Crippen molar-refractivity contribution in [1.29, 1.82) is 0 Å². The quantitative estimate of drug-likeness (QED) is 0.184. The lowest BCUT2D eigenvalue weighted by atomic mass is 9.76. The van der Waals surface area contributed by atoms with Crippen LogP contribution in [0.5, 0.6) is 11.5 Å². The molecule has 0 radical (unpaired) electrons. The van der Waals surface area contributed by atoms with Crippen molar-refractivity contribution in [3.8, 4) is 17.2 Å². The zero-order chi connectivity index (χ0) is 36.9. The third kappa shape index (κ3) is 5.39. The van der Waals surface area contributed by atoms with Crippen molar-refractivity contribution in [3.05, 3.63) is 130 Å². The Kier molecular flexibility index (Phi) is 6.94. The van der Waals surface area contributed by atoms with Crippen molar-refractivity contribution >= 4 is 27.8 Å². The first kappa shape index (κ1) is 30.0. The number of benzene rings is 4. The zero-order valence-electron chi connectivity index (χ0n) is 32.6. The van der Waals surface area contributed by atoms with E-state index in [2.05, 4.69) is 107 Å². The Balaban J connectivity index is 1.20. The highest BCUT2D eigenvalue weighted by molar-refractivity contribution is 6.08. The SMILES string of the molecule is [2H]C1([2H])C[C@]2(C)OC(c3cc(Oc4cc(C)cc(-n5c6ccc(C(C)(C)C)cc6c6cccnc65)c4)cc(C(C)C)c3)=N[C@@H]2c2ccc(C)c(C)c21. The predicted molar refractivity (Wildman–Crippen MR) is 206 cm³/mol. The van der Waals surface area contributed by atoms with Gasteiger partial charge in [0, 0.05) is 31.3 Å². The van der Waals surface area contributed by atoms with Gasteiger partial charge in [0.05, 0.1) is 11.2 Å². The Morgan fingerprint density at radius 2 is 1.74 bits per heavy atom. The zero-order valence-corrected chi connectivity index (χ0v) is 30.6. The summed E-state index contributed by atoms with van der Waals surface area (Å²) in [6, 6.07) is 27.3. The summed E-state index contributed by atoms with van der Waals surface area (Å²) in [6.07, 6.45) is 0.552. The van der Waals surface area contributed by atoms with E-state index in [0.717, 1.165) is 66.9 Å². The van der Waals surface area contributed by atoms with E-state index in [1.807, 2.05) is 45.2 Å². The van der Waals surface area contributed by atoms with Crippen LogP contribution in [-0.2, 0) is 16.5 Å². The van der Waals surface area contributed by atoms with Crippen LogP contribution in [0.2, 0.25) is 0 Å². The molecule has 4 aromatic carbocycles. The molecule has 1 aliphatic heterocycles. The standard InChI is InChI=1S/C45H47N3O2/c1-26(2)30-21-31(43-47-41-37-14-12-28(4)29(5)36(37)16-17-45(41,9)50-43)23-35(22-30)49-34-20-27(3)19-33(25-34)48-40-15-13-32(44(6,7)8)24-39(40)38-11-10-18-46-42(38)48/h10-15,18-26,41H,16-17H2,1-9H3/t41-,45+/m1/s1/i16D2. The molecule has 6 aromatic rings. The molecule has 8 rings (SSSR count). The lowest BCUT2D eigenvalue weighted by Gasteiger charge is -2.36. The predicted octanol–water partition coefficient (Wildman–Crippen LogP) is 11.5. The van der Waals surface area contributed by atoms with Crippen LogP contribution in [0, 0.1) is 20.8 Å². The highest BCUT2D eigenvalue weighted by Gasteiger charge is 2.47. The maximum atomic E-state index is 9.06. The average molecular weight is 664 g/mol. The Labute approximate surface area is 298 Å². The van der Waals surface area contributed by atoms with Crippen LogP contribution in [0.4, 0.5) is 0 Å².